The van der Waals surface area contributed by atoms with Crippen LogP contribution in [0.4, 0.5) is 5.13 Å². The molecule has 4 rings (SSSR count). The third-order valence-corrected chi connectivity index (χ3v) is 5.72. The van der Waals surface area contributed by atoms with Crippen LogP contribution in [0.3, 0.4) is 0 Å². The van der Waals surface area contributed by atoms with E-state index >= 15 is 0 Å². The van der Waals surface area contributed by atoms with Crippen LogP contribution in [0, 0.1) is 6.92 Å². The van der Waals surface area contributed by atoms with Gasteiger partial charge in [0.2, 0.25) is 5.91 Å². The summed E-state index contributed by atoms with van der Waals surface area (Å²) in [6, 6.07) is 15.2. The summed E-state index contributed by atoms with van der Waals surface area (Å²) >= 11 is 2.71. The highest BCUT2D eigenvalue weighted by Gasteiger charge is 2.14. The number of carbonyl (C=O) groups is 1. The van der Waals surface area contributed by atoms with Crippen LogP contribution in [0.1, 0.15) is 4.88 Å². The second-order valence-electron chi connectivity index (χ2n) is 5.94. The number of hydrogen-bond donors (Lipinski definition) is 1. The molecule has 0 bridgehead atoms. The minimum absolute atomic E-state index is 0.151. The Labute approximate surface area is 170 Å². The lowest BCUT2D eigenvalue weighted by Gasteiger charge is -2.02. The highest BCUT2D eigenvalue weighted by atomic mass is 32.2. The molecule has 0 aliphatic heterocycles. The summed E-state index contributed by atoms with van der Waals surface area (Å²) in [5.74, 6) is 0.840. The quantitative estimate of drug-likeness (QED) is 0.450. The van der Waals surface area contributed by atoms with E-state index in [1.54, 1.807) is 7.11 Å². The number of rotatable bonds is 6. The van der Waals surface area contributed by atoms with E-state index in [0.717, 1.165) is 27.4 Å². The summed E-state index contributed by atoms with van der Waals surface area (Å²) < 4.78 is 10.8. The highest BCUT2D eigenvalue weighted by molar-refractivity contribution is 7.99. The first kappa shape index (κ1) is 18.5. The van der Waals surface area contributed by atoms with E-state index in [9.17, 15) is 4.79 Å². The Balaban J connectivity index is 1.40. The van der Waals surface area contributed by atoms with E-state index < -0.39 is 0 Å². The van der Waals surface area contributed by atoms with Gasteiger partial charge in [0.1, 0.15) is 11.3 Å². The molecule has 0 saturated carbocycles. The molecule has 28 heavy (non-hydrogen) atoms. The molecule has 1 amide bonds. The van der Waals surface area contributed by atoms with Gasteiger partial charge in [0, 0.05) is 10.4 Å². The number of hydrogen-bond acceptors (Lipinski definition) is 7. The lowest BCUT2D eigenvalue weighted by Crippen LogP contribution is -2.13. The van der Waals surface area contributed by atoms with Gasteiger partial charge in [-0.05, 0) is 43.3 Å². The van der Waals surface area contributed by atoms with Crippen molar-refractivity contribution in [3.05, 3.63) is 53.4 Å². The van der Waals surface area contributed by atoms with Crippen LogP contribution in [-0.2, 0) is 4.79 Å². The average molecular weight is 412 g/mol. The maximum absolute atomic E-state index is 12.3. The molecule has 8 heteroatoms. The number of anilines is 1. The molecule has 0 fully saturated rings. The summed E-state index contributed by atoms with van der Waals surface area (Å²) in [6.07, 6.45) is 0. The van der Waals surface area contributed by atoms with Crippen LogP contribution >= 0.6 is 23.1 Å². The topological polar surface area (TPSA) is 77.2 Å². The van der Waals surface area contributed by atoms with Crippen molar-refractivity contribution in [2.24, 2.45) is 0 Å². The third-order valence-electron chi connectivity index (χ3n) is 4.01. The normalized spacial score (nSPS) is 10.9. The predicted molar refractivity (Wildman–Crippen MR) is 112 cm³/mol. The first-order chi connectivity index (χ1) is 13.6. The minimum atomic E-state index is -0.151. The van der Waals surface area contributed by atoms with Crippen LogP contribution in [0.15, 0.2) is 58.2 Å². The van der Waals surface area contributed by atoms with Gasteiger partial charge < -0.3 is 14.5 Å². The lowest BCUT2D eigenvalue weighted by atomic mass is 10.1. The van der Waals surface area contributed by atoms with Crippen LogP contribution in [0.5, 0.6) is 5.75 Å². The minimum Gasteiger partial charge on any atom is -0.497 e. The van der Waals surface area contributed by atoms with E-state index in [-0.39, 0.29) is 11.7 Å². The lowest BCUT2D eigenvalue weighted by molar-refractivity contribution is -0.113. The molecule has 0 spiro atoms. The largest absolute Gasteiger partial charge is 0.497 e. The number of thiazole rings is 1. The van der Waals surface area contributed by atoms with Gasteiger partial charge in [-0.2, -0.15) is 0 Å². The SMILES string of the molecule is COc1ccc(-c2nc(NC(=O)CSc3nc4ccccc4o3)sc2C)cc1. The number of nitrogens with one attached hydrogen (secondary N) is 1. The number of amides is 1. The number of thioether (sulfide) groups is 1. The molecule has 0 saturated heterocycles. The van der Waals surface area contributed by atoms with Crippen molar-refractivity contribution in [2.75, 3.05) is 18.2 Å². The number of oxazole rings is 1. The Morgan fingerprint density at radius 1 is 1.18 bits per heavy atom. The van der Waals surface area contributed by atoms with Crippen LogP contribution in [0.25, 0.3) is 22.4 Å². The molecule has 2 aromatic carbocycles. The number of nitrogens with zero attached hydrogens (tertiary/aromatic N) is 2. The fourth-order valence-electron chi connectivity index (χ4n) is 2.66. The van der Waals surface area contributed by atoms with Crippen molar-refractivity contribution in [3.8, 4) is 17.0 Å². The monoisotopic (exact) mass is 411 g/mol. The maximum atomic E-state index is 12.3. The van der Waals surface area contributed by atoms with Gasteiger partial charge in [-0.1, -0.05) is 23.9 Å². The van der Waals surface area contributed by atoms with Crippen LogP contribution < -0.4 is 10.1 Å². The predicted octanol–water partition coefficient (Wildman–Crippen LogP) is 5.00. The van der Waals surface area contributed by atoms with Crippen molar-refractivity contribution >= 4 is 45.2 Å². The smallest absolute Gasteiger partial charge is 0.257 e. The number of aromatic nitrogens is 2. The zero-order chi connectivity index (χ0) is 19.5. The Kier molecular flexibility index (Phi) is 5.31. The summed E-state index contributed by atoms with van der Waals surface area (Å²) in [5.41, 5.74) is 3.33. The zero-order valence-corrected chi connectivity index (χ0v) is 16.9. The Morgan fingerprint density at radius 2 is 1.96 bits per heavy atom. The first-order valence-electron chi connectivity index (χ1n) is 8.52. The number of aryl methyl sites for hydroxylation is 1. The van der Waals surface area contributed by atoms with Gasteiger partial charge in [-0.3, -0.25) is 4.79 Å². The van der Waals surface area contributed by atoms with E-state index in [1.165, 1.54) is 23.1 Å². The van der Waals surface area contributed by atoms with Crippen molar-refractivity contribution in [1.29, 1.82) is 0 Å². The number of para-hydroxylation sites is 2. The van der Waals surface area contributed by atoms with Crippen molar-refractivity contribution in [1.82, 2.24) is 9.97 Å². The second kappa shape index (κ2) is 8.04. The molecule has 2 heterocycles. The summed E-state index contributed by atoms with van der Waals surface area (Å²) in [6.45, 7) is 1.99. The van der Waals surface area contributed by atoms with Gasteiger partial charge in [0.15, 0.2) is 10.7 Å². The van der Waals surface area contributed by atoms with Crippen molar-refractivity contribution in [3.63, 3.8) is 0 Å². The van der Waals surface area contributed by atoms with E-state index in [1.807, 2.05) is 55.5 Å². The summed E-state index contributed by atoms with van der Waals surface area (Å²) in [7, 11) is 1.63. The molecule has 2 aromatic heterocycles. The van der Waals surface area contributed by atoms with Crippen molar-refractivity contribution < 1.29 is 13.9 Å². The second-order valence-corrected chi connectivity index (χ2v) is 8.07. The first-order valence-corrected chi connectivity index (χ1v) is 10.3. The fraction of sp³-hybridized carbons (Fsp3) is 0.150. The highest BCUT2D eigenvalue weighted by Crippen LogP contribution is 2.31. The number of carbonyl (C=O) groups excluding carboxylic acids is 1. The summed E-state index contributed by atoms with van der Waals surface area (Å²) in [5, 5.41) is 3.91. The van der Waals surface area contributed by atoms with Crippen molar-refractivity contribution in [2.45, 2.75) is 12.1 Å². The van der Waals surface area contributed by atoms with Crippen LogP contribution in [-0.4, -0.2) is 28.7 Å². The molecule has 0 unspecified atom stereocenters. The molecule has 0 aliphatic carbocycles. The molecule has 0 atom stereocenters. The van der Waals surface area contributed by atoms with Gasteiger partial charge in [0.25, 0.3) is 5.22 Å². The number of ether oxygens (including phenoxy) is 1. The van der Waals surface area contributed by atoms with Crippen LogP contribution in [0.2, 0.25) is 0 Å². The Bertz CT molecular complexity index is 1090. The molecule has 1 N–H and O–H groups in total. The molecule has 0 aliphatic rings. The molecule has 0 radical (unpaired) electrons. The van der Waals surface area contributed by atoms with Gasteiger partial charge in [-0.15, -0.1) is 11.3 Å². The Hall–Kier alpha value is -2.84. The standard InChI is InChI=1S/C20H17N3O3S2/c1-12-18(13-7-9-14(25-2)10-8-13)23-19(28-12)22-17(24)11-27-20-21-15-5-3-4-6-16(15)26-20/h3-10H,11H2,1-2H3,(H,22,23,24). The van der Waals surface area contributed by atoms with Gasteiger partial charge in [0.05, 0.1) is 18.6 Å². The third kappa shape index (κ3) is 4.02. The van der Waals surface area contributed by atoms with E-state index in [0.29, 0.717) is 15.9 Å². The average Bonchev–Trinajstić information content (AvgIpc) is 3.29. The van der Waals surface area contributed by atoms with Gasteiger partial charge >= 0.3 is 0 Å². The van der Waals surface area contributed by atoms with E-state index in [2.05, 4.69) is 15.3 Å². The number of fused-ring (bicyclic) bond motifs is 1. The summed E-state index contributed by atoms with van der Waals surface area (Å²) in [4.78, 5) is 22.2. The fourth-order valence-corrected chi connectivity index (χ4v) is 4.15. The Morgan fingerprint density at radius 3 is 2.71 bits per heavy atom. The molecule has 6 nitrogen and oxygen atoms in total. The van der Waals surface area contributed by atoms with Gasteiger partial charge in [-0.25, -0.2) is 9.97 Å². The molecular weight excluding hydrogens is 394 g/mol. The maximum Gasteiger partial charge on any atom is 0.257 e. The zero-order valence-electron chi connectivity index (χ0n) is 15.3. The molecular formula is C20H17N3O3S2. The number of methoxy groups -OCH3 is 1. The van der Waals surface area contributed by atoms with E-state index in [4.69, 9.17) is 9.15 Å². The molecule has 4 aromatic rings. The molecule has 142 valence electrons. The number of benzene rings is 2.